The summed E-state index contributed by atoms with van der Waals surface area (Å²) in [5, 5.41) is 0. The monoisotopic (exact) mass is 212 g/mol. The minimum atomic E-state index is 0.194. The van der Waals surface area contributed by atoms with Crippen LogP contribution in [0.3, 0.4) is 0 Å². The fourth-order valence-corrected chi connectivity index (χ4v) is 2.75. The first-order chi connectivity index (χ1) is 7.22. The van der Waals surface area contributed by atoms with Gasteiger partial charge in [0, 0.05) is 19.2 Å². The summed E-state index contributed by atoms with van der Waals surface area (Å²) in [5.41, 5.74) is 6.42. The molecule has 1 saturated carbocycles. The quantitative estimate of drug-likeness (QED) is 0.745. The van der Waals surface area contributed by atoms with Gasteiger partial charge in [-0.3, -0.25) is 0 Å². The molecule has 88 valence electrons. The van der Waals surface area contributed by atoms with E-state index in [9.17, 15) is 0 Å². The Bertz CT molecular complexity index is 204. The lowest BCUT2D eigenvalue weighted by atomic mass is 9.75. The van der Waals surface area contributed by atoms with E-state index in [4.69, 9.17) is 10.5 Å². The van der Waals surface area contributed by atoms with Crippen molar-refractivity contribution in [3.05, 3.63) is 0 Å². The normalized spacial score (nSPS) is 30.4. The van der Waals surface area contributed by atoms with Gasteiger partial charge in [-0.25, -0.2) is 0 Å². The fraction of sp³-hybridized carbons (Fsp3) is 1.00. The van der Waals surface area contributed by atoms with Gasteiger partial charge in [0.05, 0.1) is 6.61 Å². The van der Waals surface area contributed by atoms with Gasteiger partial charge in [0.2, 0.25) is 0 Å². The van der Waals surface area contributed by atoms with Crippen molar-refractivity contribution in [2.45, 2.75) is 37.6 Å². The van der Waals surface area contributed by atoms with E-state index < -0.39 is 0 Å². The molecule has 0 radical (unpaired) electrons. The third-order valence-corrected chi connectivity index (χ3v) is 4.05. The molecule has 1 saturated heterocycles. The molecule has 3 nitrogen and oxygen atoms in total. The molecule has 0 amide bonds. The number of nitrogens with zero attached hydrogens (tertiary/aromatic N) is 1. The van der Waals surface area contributed by atoms with E-state index in [1.165, 1.54) is 51.7 Å². The molecule has 0 aromatic heterocycles. The second kappa shape index (κ2) is 4.81. The molecule has 1 aliphatic heterocycles. The molecule has 0 spiro atoms. The highest BCUT2D eigenvalue weighted by Crippen LogP contribution is 2.32. The van der Waals surface area contributed by atoms with E-state index in [1.54, 1.807) is 7.11 Å². The Morgan fingerprint density at radius 2 is 2.27 bits per heavy atom. The summed E-state index contributed by atoms with van der Waals surface area (Å²) in [6, 6.07) is 0. The number of hydrogen-bond donors (Lipinski definition) is 1. The molecule has 1 unspecified atom stereocenters. The lowest BCUT2D eigenvalue weighted by Gasteiger charge is -2.39. The summed E-state index contributed by atoms with van der Waals surface area (Å²) in [6.07, 6.45) is 6.30. The lowest BCUT2D eigenvalue weighted by molar-refractivity contribution is 0.148. The zero-order chi connectivity index (χ0) is 10.7. The van der Waals surface area contributed by atoms with E-state index in [0.29, 0.717) is 0 Å². The van der Waals surface area contributed by atoms with Crippen LogP contribution >= 0.6 is 0 Å². The summed E-state index contributed by atoms with van der Waals surface area (Å²) >= 11 is 0. The van der Waals surface area contributed by atoms with Crippen molar-refractivity contribution in [3.8, 4) is 0 Å². The van der Waals surface area contributed by atoms with Crippen LogP contribution in [0.15, 0.2) is 0 Å². The maximum atomic E-state index is 6.22. The summed E-state index contributed by atoms with van der Waals surface area (Å²) in [5.74, 6) is 0.755. The standard InChI is InChI=1S/C12H24N2O/c1-15-10-11-3-7-14(9-11)8-6-12(13)4-2-5-12/h11H,2-10,13H2,1H3. The zero-order valence-corrected chi connectivity index (χ0v) is 9.87. The van der Waals surface area contributed by atoms with Crippen LogP contribution in [-0.4, -0.2) is 43.8 Å². The fourth-order valence-electron chi connectivity index (χ4n) is 2.75. The number of hydrogen-bond acceptors (Lipinski definition) is 3. The van der Waals surface area contributed by atoms with Crippen LogP contribution in [0.2, 0.25) is 0 Å². The highest BCUT2D eigenvalue weighted by atomic mass is 16.5. The molecule has 2 N–H and O–H groups in total. The summed E-state index contributed by atoms with van der Waals surface area (Å²) in [7, 11) is 1.80. The first kappa shape index (κ1) is 11.4. The van der Waals surface area contributed by atoms with E-state index in [-0.39, 0.29) is 5.54 Å². The van der Waals surface area contributed by atoms with Crippen LogP contribution in [0.1, 0.15) is 32.1 Å². The Kier molecular flexibility index (Phi) is 3.65. The molecule has 1 aliphatic carbocycles. The molecule has 2 fully saturated rings. The van der Waals surface area contributed by atoms with Crippen LogP contribution in [-0.2, 0) is 4.74 Å². The Hall–Kier alpha value is -0.120. The molecular weight excluding hydrogens is 188 g/mol. The molecule has 15 heavy (non-hydrogen) atoms. The van der Waals surface area contributed by atoms with Crippen LogP contribution in [0, 0.1) is 5.92 Å². The van der Waals surface area contributed by atoms with Crippen molar-refractivity contribution in [1.82, 2.24) is 4.90 Å². The number of ether oxygens (including phenoxy) is 1. The van der Waals surface area contributed by atoms with Crippen molar-refractivity contribution < 1.29 is 4.74 Å². The number of rotatable bonds is 5. The van der Waals surface area contributed by atoms with E-state index in [2.05, 4.69) is 4.90 Å². The van der Waals surface area contributed by atoms with Gasteiger partial charge in [0.25, 0.3) is 0 Å². The SMILES string of the molecule is COCC1CCN(CCC2(N)CCC2)C1. The smallest absolute Gasteiger partial charge is 0.0503 e. The van der Waals surface area contributed by atoms with Crippen molar-refractivity contribution in [2.75, 3.05) is 33.4 Å². The maximum Gasteiger partial charge on any atom is 0.0503 e. The first-order valence-electron chi connectivity index (χ1n) is 6.22. The van der Waals surface area contributed by atoms with Gasteiger partial charge >= 0.3 is 0 Å². The van der Waals surface area contributed by atoms with E-state index in [0.717, 1.165) is 12.5 Å². The molecule has 1 atom stereocenters. The summed E-state index contributed by atoms with van der Waals surface area (Å²) < 4.78 is 5.20. The van der Waals surface area contributed by atoms with Gasteiger partial charge in [-0.15, -0.1) is 0 Å². The molecular formula is C12H24N2O. The number of methoxy groups -OCH3 is 1. The van der Waals surface area contributed by atoms with E-state index in [1.807, 2.05) is 0 Å². The van der Waals surface area contributed by atoms with Gasteiger partial charge in [-0.2, -0.15) is 0 Å². The van der Waals surface area contributed by atoms with Crippen molar-refractivity contribution in [2.24, 2.45) is 11.7 Å². The van der Waals surface area contributed by atoms with E-state index >= 15 is 0 Å². The average Bonchev–Trinajstić information content (AvgIpc) is 2.60. The highest BCUT2D eigenvalue weighted by molar-refractivity contribution is 4.93. The average molecular weight is 212 g/mol. The topological polar surface area (TPSA) is 38.5 Å². The van der Waals surface area contributed by atoms with Crippen molar-refractivity contribution >= 4 is 0 Å². The van der Waals surface area contributed by atoms with Crippen LogP contribution in [0.4, 0.5) is 0 Å². The minimum Gasteiger partial charge on any atom is -0.384 e. The van der Waals surface area contributed by atoms with Crippen LogP contribution in [0.5, 0.6) is 0 Å². The molecule has 2 rings (SSSR count). The molecule has 1 heterocycles. The second-order valence-electron chi connectivity index (χ2n) is 5.38. The third kappa shape index (κ3) is 2.92. The van der Waals surface area contributed by atoms with Gasteiger partial charge in [-0.05, 0) is 51.1 Å². The van der Waals surface area contributed by atoms with Crippen molar-refractivity contribution in [1.29, 1.82) is 0 Å². The third-order valence-electron chi connectivity index (χ3n) is 4.05. The Labute approximate surface area is 93.0 Å². The first-order valence-corrected chi connectivity index (χ1v) is 6.22. The Balaban J connectivity index is 1.64. The van der Waals surface area contributed by atoms with Gasteiger partial charge in [0.1, 0.15) is 0 Å². The molecule has 0 bridgehead atoms. The van der Waals surface area contributed by atoms with Gasteiger partial charge in [0.15, 0.2) is 0 Å². The van der Waals surface area contributed by atoms with Crippen LogP contribution < -0.4 is 5.73 Å². The predicted octanol–water partition coefficient (Wildman–Crippen LogP) is 1.23. The molecule has 0 aromatic carbocycles. The summed E-state index contributed by atoms with van der Waals surface area (Å²) in [4.78, 5) is 2.55. The number of likely N-dealkylation sites (tertiary alicyclic amines) is 1. The molecule has 2 aliphatic rings. The minimum absolute atomic E-state index is 0.194. The predicted molar refractivity (Wildman–Crippen MR) is 61.8 cm³/mol. The Morgan fingerprint density at radius 1 is 1.47 bits per heavy atom. The van der Waals surface area contributed by atoms with Gasteiger partial charge in [-0.1, -0.05) is 0 Å². The molecule has 0 aromatic rings. The summed E-state index contributed by atoms with van der Waals surface area (Å²) in [6.45, 7) is 4.56. The van der Waals surface area contributed by atoms with Gasteiger partial charge < -0.3 is 15.4 Å². The molecule has 3 heteroatoms. The lowest BCUT2D eigenvalue weighted by Crippen LogP contribution is -2.48. The van der Waals surface area contributed by atoms with Crippen molar-refractivity contribution in [3.63, 3.8) is 0 Å². The largest absolute Gasteiger partial charge is 0.384 e. The number of nitrogens with two attached hydrogens (primary N) is 1. The zero-order valence-electron chi connectivity index (χ0n) is 9.87. The Morgan fingerprint density at radius 3 is 2.87 bits per heavy atom. The van der Waals surface area contributed by atoms with Crippen LogP contribution in [0.25, 0.3) is 0 Å². The second-order valence-corrected chi connectivity index (χ2v) is 5.38. The highest BCUT2D eigenvalue weighted by Gasteiger charge is 2.33. The maximum absolute atomic E-state index is 6.22.